The minimum absolute atomic E-state index is 0.873. The third-order valence-corrected chi connectivity index (χ3v) is 36.8. The van der Waals surface area contributed by atoms with Gasteiger partial charge in [0.05, 0.1) is 39.9 Å². The minimum atomic E-state index is 0.873. The average Bonchev–Trinajstić information content (AvgIpc) is 1.78. The number of rotatable bonds is 21. The van der Waals surface area contributed by atoms with Crippen LogP contribution >= 0.6 is 23.1 Å². The van der Waals surface area contributed by atoms with Crippen LogP contribution in [0.5, 0.6) is 0 Å². The van der Waals surface area contributed by atoms with Crippen LogP contribution in [0.3, 0.4) is 0 Å². The summed E-state index contributed by atoms with van der Waals surface area (Å²) in [5, 5.41) is 28.1. The number of para-hydroxylation sites is 2. The smallest absolute Gasteiger partial charge is 0.170 e. The Morgan fingerprint density at radius 2 is 0.647 bits per heavy atom. The van der Waals surface area contributed by atoms with Gasteiger partial charge in [-0.1, -0.05) is 105 Å². The maximum Gasteiger partial charge on any atom is 0.170 e. The van der Waals surface area contributed by atoms with Gasteiger partial charge >= 0.3 is 0 Å². The van der Waals surface area contributed by atoms with Crippen LogP contribution in [0.4, 0.5) is 0 Å². The first-order valence-electron chi connectivity index (χ1n) is 52.1. The number of piperidine rings is 21. The topological polar surface area (TPSA) is 179 Å². The van der Waals surface area contributed by atoms with Gasteiger partial charge in [0, 0.05) is 95.9 Å². The van der Waals surface area contributed by atoms with E-state index in [0.29, 0.717) is 0 Å². The van der Waals surface area contributed by atoms with E-state index < -0.39 is 0 Å². The first kappa shape index (κ1) is 89.6. The van der Waals surface area contributed by atoms with E-state index in [9.17, 15) is 0 Å². The summed E-state index contributed by atoms with van der Waals surface area (Å²) in [5.41, 5.74) is 14.3. The van der Waals surface area contributed by atoms with E-state index in [2.05, 4.69) is 178 Å². The molecule has 0 amide bonds. The highest BCUT2D eigenvalue weighted by Crippen LogP contribution is 2.44. The van der Waals surface area contributed by atoms with Gasteiger partial charge in [0.2, 0.25) is 0 Å². The van der Waals surface area contributed by atoms with Crippen LogP contribution in [0.2, 0.25) is 0 Å². The molecule has 7 aromatic carbocycles. The molecule has 21 aliphatic rings. The van der Waals surface area contributed by atoms with Crippen molar-refractivity contribution in [2.75, 3.05) is 137 Å². The van der Waals surface area contributed by atoms with Crippen LogP contribution in [0, 0.1) is 82.9 Å². The Kier molecular flexibility index (Phi) is 28.7. The van der Waals surface area contributed by atoms with Gasteiger partial charge < -0.3 is 56.9 Å². The second-order valence-corrected chi connectivity index (χ2v) is 44.4. The van der Waals surface area contributed by atoms with E-state index in [0.717, 1.165) is 152 Å². The van der Waals surface area contributed by atoms with Gasteiger partial charge in [-0.15, -0.1) is 0 Å². The van der Waals surface area contributed by atoms with Gasteiger partial charge in [0.25, 0.3) is 0 Å². The number of aromatic nitrogens is 7. The average molecular weight is 1830 g/mol. The zero-order chi connectivity index (χ0) is 88.6. The molecule has 21 fully saturated rings. The highest BCUT2D eigenvalue weighted by atomic mass is 32.1. The van der Waals surface area contributed by atoms with Crippen LogP contribution in [0.15, 0.2) is 193 Å². The van der Waals surface area contributed by atoms with Gasteiger partial charge in [0.15, 0.2) is 27.9 Å². The predicted octanol–water partition coefficient (Wildman–Crippen LogP) is 22.7. The van der Waals surface area contributed by atoms with E-state index in [1.165, 1.54) is 362 Å². The number of benzene rings is 7. The lowest BCUT2D eigenvalue weighted by molar-refractivity contribution is 0.0468. The highest BCUT2D eigenvalue weighted by Gasteiger charge is 2.41. The van der Waals surface area contributed by atoms with Crippen LogP contribution < -0.4 is 0 Å². The van der Waals surface area contributed by atoms with Crippen molar-refractivity contribution in [2.24, 2.45) is 82.9 Å². The molecule has 7 aromatic heterocycles. The summed E-state index contributed by atoms with van der Waals surface area (Å²) in [7, 11) is 0. The van der Waals surface area contributed by atoms with Crippen molar-refractivity contribution in [1.29, 1.82) is 0 Å². The molecule has 7 atom stereocenters. The summed E-state index contributed by atoms with van der Waals surface area (Å²) in [6.45, 7) is 28.1. The lowest BCUT2D eigenvalue weighted by Crippen LogP contribution is -2.47. The number of fused-ring (bicyclic) bond motifs is 28. The van der Waals surface area contributed by atoms with E-state index in [1.807, 2.05) is 55.2 Å². The number of aryl methyl sites for hydroxylation is 7. The summed E-state index contributed by atoms with van der Waals surface area (Å²) < 4.78 is 37.7. The molecular formula is C112H140N14O5S2. The fourth-order valence-electron chi connectivity index (χ4n) is 27.1. The molecule has 14 aromatic rings. The van der Waals surface area contributed by atoms with Crippen LogP contribution in [0.1, 0.15) is 174 Å². The molecule has 19 nitrogen and oxygen atoms in total. The van der Waals surface area contributed by atoms with Crippen molar-refractivity contribution >= 4 is 98.1 Å². The zero-order valence-corrected chi connectivity index (χ0v) is 80.1. The largest absolute Gasteiger partial charge is 0.356 e. The molecule has 21 saturated heterocycles. The fraction of sp³-hybridized carbons (Fsp3) is 0.562. The van der Waals surface area contributed by atoms with Gasteiger partial charge in [-0.05, 0) is 465 Å². The minimum Gasteiger partial charge on any atom is -0.356 e. The Hall–Kier alpha value is -8.61. The molecule has 0 saturated carbocycles. The molecule has 21 heteroatoms. The first-order chi connectivity index (χ1) is 65.7. The molecule has 35 rings (SSSR count). The maximum atomic E-state index is 5.39. The van der Waals surface area contributed by atoms with Crippen molar-refractivity contribution in [3.05, 3.63) is 210 Å². The van der Waals surface area contributed by atoms with Crippen molar-refractivity contribution < 1.29 is 22.6 Å². The van der Waals surface area contributed by atoms with Crippen molar-refractivity contribution in [3.8, 4) is 0 Å². The van der Waals surface area contributed by atoms with Gasteiger partial charge in [-0.25, -0.2) is 0 Å². The molecule has 133 heavy (non-hydrogen) atoms. The van der Waals surface area contributed by atoms with E-state index in [1.54, 1.807) is 29.3 Å². The third-order valence-electron chi connectivity index (χ3n) is 35.2. The lowest BCUT2D eigenvalue weighted by Gasteiger charge is -2.45. The van der Waals surface area contributed by atoms with Crippen molar-refractivity contribution in [3.63, 3.8) is 0 Å². The molecule has 7 unspecified atom stereocenters. The molecule has 21 aliphatic heterocycles. The Labute approximate surface area is 794 Å². The van der Waals surface area contributed by atoms with Gasteiger partial charge in [0.1, 0.15) is 0 Å². The zero-order valence-electron chi connectivity index (χ0n) is 78.5. The summed E-state index contributed by atoms with van der Waals surface area (Å²) in [6, 6.07) is 47.4. The summed E-state index contributed by atoms with van der Waals surface area (Å²) in [6.07, 6.45) is 48.6. The molecule has 28 heterocycles. The summed E-state index contributed by atoms with van der Waals surface area (Å²) in [5.74, 6) is 13.3. The Bertz CT molecular complexity index is 5530. The van der Waals surface area contributed by atoms with Crippen molar-refractivity contribution in [2.45, 2.75) is 180 Å². The van der Waals surface area contributed by atoms with Gasteiger partial charge in [-0.2, -0.15) is 8.75 Å². The van der Waals surface area contributed by atoms with E-state index in [4.69, 9.17) is 22.6 Å². The first-order valence-corrected chi connectivity index (χ1v) is 53.7. The van der Waals surface area contributed by atoms with E-state index >= 15 is 0 Å². The van der Waals surface area contributed by atoms with E-state index in [-0.39, 0.29) is 0 Å². The molecule has 0 radical (unpaired) electrons. The molecule has 0 aliphatic carbocycles. The Morgan fingerprint density at radius 3 is 1.19 bits per heavy atom. The summed E-state index contributed by atoms with van der Waals surface area (Å²) >= 11 is 3.27. The molecule has 700 valence electrons. The standard InChI is InChI=1S/5C16H20N2O.2C16H20N2S/c1(3-14-11-18-7-5-13(14)6-8-18)12-2-4-16-15(9-12)10-17-19-16;1-3-14-10-17-19-16(14)9-12(1)2-4-15-11-18-7-5-13(15)6-8-18;1-2-13(15-10-17-19-16(15)3-1)4-5-14-11-18-8-6-12(14)7-9-18;1-2-13(16-14(3-1)10-17-19-16)4-5-15-11-18-8-6-12(15)7-9-18;1-2-4-16-14(3-1)15(17-19-16)6-5-13-11-18-9-7-12(13)8-10-18;1-3-14-10-17-19-16(14)9-12(1)2-4-15-11-18-7-5-13(15)6-8-18;1-2-13(16-14(3-1)10-17-19-16)4-5-15-11-18-8-6-12(15)7-9-18/h2,4,9-10,13-14H,1,3,5-8,11H2;1,3,9-10,13,15H,2,4-8,11H2;1-3,10,12,14H,4-9,11H2;1-3,10,12,15H,4-9,11H2;1-4,12-13H,5-11H2;1,3,9-10,13,15H,2,4-8,11H2;1-3,10,12,15H,4-9,11H2. The normalized spacial score (nSPS) is 30.0. The number of hydrogen-bond acceptors (Lipinski definition) is 21. The monoisotopic (exact) mass is 1830 g/mol. The Morgan fingerprint density at radius 1 is 0.263 bits per heavy atom. The maximum absolute atomic E-state index is 5.39. The van der Waals surface area contributed by atoms with Crippen LogP contribution in [-0.4, -0.2) is 206 Å². The van der Waals surface area contributed by atoms with Crippen LogP contribution in [-0.2, 0) is 44.9 Å². The molecule has 14 bridgehead atoms. The molecular weight excluding hydrogens is 1690 g/mol. The molecule has 0 spiro atoms. The predicted molar refractivity (Wildman–Crippen MR) is 536 cm³/mol. The van der Waals surface area contributed by atoms with Gasteiger partial charge in [-0.3, -0.25) is 0 Å². The highest BCUT2D eigenvalue weighted by molar-refractivity contribution is 7.13. The van der Waals surface area contributed by atoms with Crippen molar-refractivity contribution in [1.82, 2.24) is 68.8 Å². The number of nitrogens with zero attached hydrogens (tertiary/aromatic N) is 14. The van der Waals surface area contributed by atoms with Crippen LogP contribution in [0.25, 0.3) is 75.0 Å². The molecule has 0 N–H and O–H groups in total. The SMILES string of the molecule is c1cc(CCC2CN3CCC2CC3)c2cnoc2c1.c1cc(CCC2CN3CCC2CC3)c2oncc2c1.c1cc(CCC2CN3CCC2CC3)c2sncc2c1.c1cc2cnoc2cc1CCC1CN2CCC1CC2.c1cc2cnsc2cc1CCC1CN2CCC1CC2.c1cc2oncc2cc1CCC1CN2CCC1CC2.c1ccc2c(CCC3CN4CCC3CC4)noc2c1. The fourth-order valence-corrected chi connectivity index (χ4v) is 28.6. The quantitative estimate of drug-likeness (QED) is 0.0662. The third kappa shape index (κ3) is 21.7. The summed E-state index contributed by atoms with van der Waals surface area (Å²) in [4.78, 5) is 18.5. The lowest BCUT2D eigenvalue weighted by atomic mass is 9.76. The second kappa shape index (κ2) is 42.6. The Balaban J connectivity index is 0.0000000905. The second-order valence-electron chi connectivity index (χ2n) is 42.8. The number of hydrogen-bond donors (Lipinski definition) is 0.